The quantitative estimate of drug-likeness (QED) is 0.561. The van der Waals surface area contributed by atoms with E-state index in [1.165, 1.54) is 5.56 Å². The molecule has 0 unspecified atom stereocenters. The van der Waals surface area contributed by atoms with Gasteiger partial charge in [-0.1, -0.05) is 60.7 Å². The first kappa shape index (κ1) is 17.7. The molecule has 0 aliphatic rings. The number of pyridine rings is 1. The van der Waals surface area contributed by atoms with Crippen LogP contribution >= 0.6 is 0 Å². The molecule has 0 atom stereocenters. The van der Waals surface area contributed by atoms with Gasteiger partial charge in [0.05, 0.1) is 12.2 Å². The lowest BCUT2D eigenvalue weighted by atomic mass is 10.1. The van der Waals surface area contributed by atoms with E-state index in [0.29, 0.717) is 18.7 Å². The van der Waals surface area contributed by atoms with Gasteiger partial charge in [0.15, 0.2) is 0 Å². The first-order valence-corrected chi connectivity index (χ1v) is 9.13. The molecule has 2 aromatic heterocycles. The molecule has 1 N–H and O–H groups in total. The van der Waals surface area contributed by atoms with Crippen molar-refractivity contribution >= 4 is 5.91 Å². The van der Waals surface area contributed by atoms with E-state index in [1.807, 2.05) is 59.4 Å². The Kier molecular flexibility index (Phi) is 5.24. The SMILES string of the molecule is O=C(NCc1cn(Cc2ccccc2)nc1-c1ccccc1)c1ccncc1. The summed E-state index contributed by atoms with van der Waals surface area (Å²) in [7, 11) is 0. The highest BCUT2D eigenvalue weighted by molar-refractivity contribution is 5.94. The molecule has 0 saturated heterocycles. The highest BCUT2D eigenvalue weighted by Gasteiger charge is 2.13. The summed E-state index contributed by atoms with van der Waals surface area (Å²) in [4.78, 5) is 16.3. The summed E-state index contributed by atoms with van der Waals surface area (Å²) in [6.45, 7) is 1.08. The van der Waals surface area contributed by atoms with Crippen LogP contribution in [0.4, 0.5) is 0 Å². The fourth-order valence-corrected chi connectivity index (χ4v) is 3.06. The molecule has 0 fully saturated rings. The van der Waals surface area contributed by atoms with Crippen molar-refractivity contribution < 1.29 is 4.79 Å². The van der Waals surface area contributed by atoms with Gasteiger partial charge < -0.3 is 5.32 Å². The average Bonchev–Trinajstić information content (AvgIpc) is 3.16. The second-order valence-electron chi connectivity index (χ2n) is 6.47. The molecule has 2 heterocycles. The average molecular weight is 368 g/mol. The summed E-state index contributed by atoms with van der Waals surface area (Å²) in [5.74, 6) is -0.128. The van der Waals surface area contributed by atoms with Gasteiger partial charge in [0.1, 0.15) is 0 Å². The Balaban J connectivity index is 1.58. The first-order valence-electron chi connectivity index (χ1n) is 9.13. The molecule has 4 aromatic rings. The Morgan fingerprint density at radius 1 is 0.893 bits per heavy atom. The van der Waals surface area contributed by atoms with Crippen molar-refractivity contribution in [3.63, 3.8) is 0 Å². The van der Waals surface area contributed by atoms with Gasteiger partial charge in [-0.05, 0) is 17.7 Å². The molecule has 2 aromatic carbocycles. The second kappa shape index (κ2) is 8.31. The number of aromatic nitrogens is 3. The third-order valence-corrected chi connectivity index (χ3v) is 4.45. The van der Waals surface area contributed by atoms with Crippen molar-refractivity contribution in [3.05, 3.63) is 108 Å². The summed E-state index contributed by atoms with van der Waals surface area (Å²) < 4.78 is 1.92. The van der Waals surface area contributed by atoms with Crippen LogP contribution in [0.15, 0.2) is 91.4 Å². The molecule has 1 amide bonds. The molecule has 0 aliphatic heterocycles. The lowest BCUT2D eigenvalue weighted by molar-refractivity contribution is 0.0951. The summed E-state index contributed by atoms with van der Waals surface area (Å²) in [5, 5.41) is 7.76. The van der Waals surface area contributed by atoms with Crippen molar-refractivity contribution in [2.45, 2.75) is 13.1 Å². The topological polar surface area (TPSA) is 59.8 Å². The predicted molar refractivity (Wildman–Crippen MR) is 109 cm³/mol. The van der Waals surface area contributed by atoms with Gasteiger partial charge in [-0.25, -0.2) is 0 Å². The van der Waals surface area contributed by atoms with Crippen molar-refractivity contribution in [3.8, 4) is 11.3 Å². The molecule has 28 heavy (non-hydrogen) atoms. The van der Waals surface area contributed by atoms with E-state index in [0.717, 1.165) is 16.8 Å². The summed E-state index contributed by atoms with van der Waals surface area (Å²) in [6, 6.07) is 23.6. The van der Waals surface area contributed by atoms with Gasteiger partial charge in [-0.3, -0.25) is 14.5 Å². The van der Waals surface area contributed by atoms with Crippen LogP contribution in [-0.2, 0) is 13.1 Å². The second-order valence-corrected chi connectivity index (χ2v) is 6.47. The number of hydrogen-bond donors (Lipinski definition) is 1. The van der Waals surface area contributed by atoms with Crippen LogP contribution in [0.5, 0.6) is 0 Å². The minimum Gasteiger partial charge on any atom is -0.348 e. The van der Waals surface area contributed by atoms with E-state index in [-0.39, 0.29) is 5.91 Å². The third kappa shape index (κ3) is 4.15. The zero-order valence-electron chi connectivity index (χ0n) is 15.3. The van der Waals surface area contributed by atoms with Crippen LogP contribution < -0.4 is 5.32 Å². The molecular formula is C23H20N4O. The number of nitrogens with zero attached hydrogens (tertiary/aromatic N) is 3. The van der Waals surface area contributed by atoms with E-state index >= 15 is 0 Å². The maximum Gasteiger partial charge on any atom is 0.251 e. The van der Waals surface area contributed by atoms with E-state index in [9.17, 15) is 4.79 Å². The number of amides is 1. The Morgan fingerprint density at radius 3 is 2.29 bits per heavy atom. The van der Waals surface area contributed by atoms with Crippen LogP contribution in [-0.4, -0.2) is 20.7 Å². The van der Waals surface area contributed by atoms with Gasteiger partial charge in [0.25, 0.3) is 5.91 Å². The van der Waals surface area contributed by atoms with E-state index < -0.39 is 0 Å². The highest BCUT2D eigenvalue weighted by Crippen LogP contribution is 2.22. The van der Waals surface area contributed by atoms with Crippen LogP contribution in [0.1, 0.15) is 21.5 Å². The standard InChI is InChI=1S/C23H20N4O/c28-23(20-11-13-24-14-12-20)25-15-21-17-27(16-18-7-3-1-4-8-18)26-22(21)19-9-5-2-6-10-19/h1-14,17H,15-16H2,(H,25,28). The molecule has 138 valence electrons. The Hall–Kier alpha value is -3.73. The largest absolute Gasteiger partial charge is 0.348 e. The Morgan fingerprint density at radius 2 is 1.57 bits per heavy atom. The minimum atomic E-state index is -0.128. The van der Waals surface area contributed by atoms with Gasteiger partial charge >= 0.3 is 0 Å². The monoisotopic (exact) mass is 368 g/mol. The highest BCUT2D eigenvalue weighted by atomic mass is 16.1. The molecule has 0 bridgehead atoms. The number of rotatable bonds is 6. The van der Waals surface area contributed by atoms with Gasteiger partial charge in [0.2, 0.25) is 0 Å². The van der Waals surface area contributed by atoms with Crippen molar-refractivity contribution in [1.82, 2.24) is 20.1 Å². The number of carbonyl (C=O) groups excluding carboxylic acids is 1. The first-order chi connectivity index (χ1) is 13.8. The maximum atomic E-state index is 12.4. The predicted octanol–water partition coefficient (Wildman–Crippen LogP) is 3.92. The zero-order valence-corrected chi connectivity index (χ0v) is 15.3. The maximum absolute atomic E-state index is 12.4. The van der Waals surface area contributed by atoms with Crippen LogP contribution in [0, 0.1) is 0 Å². The van der Waals surface area contributed by atoms with Gasteiger partial charge in [0, 0.05) is 41.8 Å². The van der Waals surface area contributed by atoms with E-state index in [4.69, 9.17) is 5.10 Å². The smallest absolute Gasteiger partial charge is 0.251 e. The van der Waals surface area contributed by atoms with Crippen LogP contribution in [0.2, 0.25) is 0 Å². The van der Waals surface area contributed by atoms with Gasteiger partial charge in [-0.2, -0.15) is 5.10 Å². The fourth-order valence-electron chi connectivity index (χ4n) is 3.06. The zero-order chi connectivity index (χ0) is 19.2. The molecule has 0 aliphatic carbocycles. The summed E-state index contributed by atoms with van der Waals surface area (Å²) >= 11 is 0. The lowest BCUT2D eigenvalue weighted by Gasteiger charge is -2.05. The van der Waals surface area contributed by atoms with Gasteiger partial charge in [-0.15, -0.1) is 0 Å². The van der Waals surface area contributed by atoms with Crippen molar-refractivity contribution in [1.29, 1.82) is 0 Å². The molecule has 0 radical (unpaired) electrons. The molecule has 5 heteroatoms. The van der Waals surface area contributed by atoms with Crippen LogP contribution in [0.25, 0.3) is 11.3 Å². The fraction of sp³-hybridized carbons (Fsp3) is 0.0870. The molecule has 0 saturated carbocycles. The molecule has 0 spiro atoms. The summed E-state index contributed by atoms with van der Waals surface area (Å²) in [6.07, 6.45) is 5.23. The number of nitrogens with one attached hydrogen (secondary N) is 1. The number of benzene rings is 2. The Labute approximate surface area is 163 Å². The normalized spacial score (nSPS) is 10.6. The van der Waals surface area contributed by atoms with E-state index in [2.05, 4.69) is 22.4 Å². The molecule has 4 rings (SSSR count). The molecular weight excluding hydrogens is 348 g/mol. The van der Waals surface area contributed by atoms with E-state index in [1.54, 1.807) is 24.5 Å². The minimum absolute atomic E-state index is 0.128. The molecule has 5 nitrogen and oxygen atoms in total. The summed E-state index contributed by atoms with van der Waals surface area (Å²) in [5.41, 5.74) is 4.66. The van der Waals surface area contributed by atoms with Crippen LogP contribution in [0.3, 0.4) is 0 Å². The third-order valence-electron chi connectivity index (χ3n) is 4.45. The Bertz CT molecular complexity index is 1040. The lowest BCUT2D eigenvalue weighted by Crippen LogP contribution is -2.22. The number of hydrogen-bond acceptors (Lipinski definition) is 3. The van der Waals surface area contributed by atoms with Crippen molar-refractivity contribution in [2.24, 2.45) is 0 Å². The number of carbonyl (C=O) groups is 1. The van der Waals surface area contributed by atoms with Crippen molar-refractivity contribution in [2.75, 3.05) is 0 Å².